The van der Waals surface area contributed by atoms with Gasteiger partial charge in [-0.15, -0.1) is 0 Å². The summed E-state index contributed by atoms with van der Waals surface area (Å²) in [5, 5.41) is 0.710. The van der Waals surface area contributed by atoms with Crippen LogP contribution in [0, 0.1) is 0 Å². The zero-order chi connectivity index (χ0) is 11.3. The highest BCUT2D eigenvalue weighted by Crippen LogP contribution is 2.20. The molecule has 0 aliphatic carbocycles. The van der Waals surface area contributed by atoms with E-state index in [1.165, 1.54) is 6.20 Å². The van der Waals surface area contributed by atoms with Crippen LogP contribution in [0.1, 0.15) is 12.5 Å². The molecule has 2 nitrogen and oxygen atoms in total. The van der Waals surface area contributed by atoms with Crippen molar-refractivity contribution in [2.75, 3.05) is 6.54 Å². The highest BCUT2D eigenvalue weighted by Gasteiger charge is 2.04. The maximum Gasteiger partial charge on any atom is 0.0412 e. The standard InChI is InChI=1S/C12H15ClN2/c1-3-15(8-7-14)10(2)11-5-4-6-12(13)9-11/h4-9H,2-3,14H2,1H3/b8-7-. The van der Waals surface area contributed by atoms with Gasteiger partial charge in [-0.3, -0.25) is 0 Å². The summed E-state index contributed by atoms with van der Waals surface area (Å²) in [7, 11) is 0. The Morgan fingerprint density at radius 3 is 2.87 bits per heavy atom. The molecule has 1 rings (SSSR count). The van der Waals surface area contributed by atoms with Crippen LogP contribution in [0.5, 0.6) is 0 Å². The van der Waals surface area contributed by atoms with Gasteiger partial charge in [0.1, 0.15) is 0 Å². The lowest BCUT2D eigenvalue weighted by Gasteiger charge is -2.20. The summed E-state index contributed by atoms with van der Waals surface area (Å²) in [6, 6.07) is 7.61. The highest BCUT2D eigenvalue weighted by molar-refractivity contribution is 6.30. The Balaban J connectivity index is 2.92. The molecule has 1 aromatic rings. The maximum atomic E-state index is 5.91. The van der Waals surface area contributed by atoms with Crippen molar-refractivity contribution < 1.29 is 0 Å². The third kappa shape index (κ3) is 3.03. The van der Waals surface area contributed by atoms with E-state index in [1.54, 1.807) is 6.20 Å². The average Bonchev–Trinajstić information content (AvgIpc) is 2.25. The Morgan fingerprint density at radius 1 is 1.60 bits per heavy atom. The number of halogens is 1. The minimum absolute atomic E-state index is 0.710. The molecule has 0 amide bonds. The van der Waals surface area contributed by atoms with Gasteiger partial charge in [0, 0.05) is 29.7 Å². The normalized spacial score (nSPS) is 10.5. The van der Waals surface area contributed by atoms with Crippen LogP contribution in [0.15, 0.2) is 43.2 Å². The minimum atomic E-state index is 0.710. The fraction of sp³-hybridized carbons (Fsp3) is 0.167. The number of rotatable bonds is 4. The molecule has 0 bridgehead atoms. The Hall–Kier alpha value is -1.41. The zero-order valence-electron chi connectivity index (χ0n) is 8.78. The molecule has 0 aromatic heterocycles. The zero-order valence-corrected chi connectivity index (χ0v) is 9.54. The molecule has 0 radical (unpaired) electrons. The van der Waals surface area contributed by atoms with Crippen molar-refractivity contribution in [3.05, 3.63) is 53.8 Å². The lowest BCUT2D eigenvalue weighted by molar-refractivity contribution is 0.562. The number of hydrogen-bond donors (Lipinski definition) is 1. The van der Waals surface area contributed by atoms with E-state index in [2.05, 4.69) is 6.58 Å². The monoisotopic (exact) mass is 222 g/mol. The number of nitrogens with two attached hydrogens (primary N) is 1. The molecule has 0 spiro atoms. The molecule has 0 fully saturated rings. The van der Waals surface area contributed by atoms with E-state index in [9.17, 15) is 0 Å². The van der Waals surface area contributed by atoms with E-state index in [1.807, 2.05) is 36.1 Å². The molecule has 0 aliphatic rings. The van der Waals surface area contributed by atoms with Gasteiger partial charge in [0.05, 0.1) is 0 Å². The van der Waals surface area contributed by atoms with E-state index in [-0.39, 0.29) is 0 Å². The second-order valence-electron chi connectivity index (χ2n) is 3.08. The second kappa shape index (κ2) is 5.47. The minimum Gasteiger partial charge on any atom is -0.403 e. The van der Waals surface area contributed by atoms with Crippen LogP contribution < -0.4 is 5.73 Å². The SMILES string of the molecule is C=C(c1cccc(Cl)c1)N(/C=C\N)CC. The van der Waals surface area contributed by atoms with Crippen molar-refractivity contribution in [2.24, 2.45) is 5.73 Å². The van der Waals surface area contributed by atoms with Crippen LogP contribution in [0.2, 0.25) is 5.02 Å². The van der Waals surface area contributed by atoms with Gasteiger partial charge in [-0.2, -0.15) is 0 Å². The van der Waals surface area contributed by atoms with Crippen molar-refractivity contribution in [2.45, 2.75) is 6.92 Å². The smallest absolute Gasteiger partial charge is 0.0412 e. The maximum absolute atomic E-state index is 5.91. The fourth-order valence-electron chi connectivity index (χ4n) is 1.32. The van der Waals surface area contributed by atoms with E-state index in [4.69, 9.17) is 17.3 Å². The molecule has 2 N–H and O–H groups in total. The summed E-state index contributed by atoms with van der Waals surface area (Å²) in [5.74, 6) is 0. The molecule has 80 valence electrons. The molecular formula is C12H15ClN2. The third-order valence-corrected chi connectivity index (χ3v) is 2.35. The summed E-state index contributed by atoms with van der Waals surface area (Å²) >= 11 is 5.91. The predicted molar refractivity (Wildman–Crippen MR) is 66.2 cm³/mol. The average molecular weight is 223 g/mol. The van der Waals surface area contributed by atoms with E-state index in [0.29, 0.717) is 5.02 Å². The summed E-state index contributed by atoms with van der Waals surface area (Å²) in [5.41, 5.74) is 7.25. The first-order chi connectivity index (χ1) is 7.19. The molecular weight excluding hydrogens is 208 g/mol. The van der Waals surface area contributed by atoms with Crippen LogP contribution in [0.4, 0.5) is 0 Å². The Morgan fingerprint density at radius 2 is 2.33 bits per heavy atom. The first-order valence-corrected chi connectivity index (χ1v) is 5.16. The molecule has 0 atom stereocenters. The molecule has 3 heteroatoms. The first kappa shape index (κ1) is 11.7. The van der Waals surface area contributed by atoms with Crippen molar-refractivity contribution in [1.82, 2.24) is 4.90 Å². The van der Waals surface area contributed by atoms with Crippen molar-refractivity contribution in [3.8, 4) is 0 Å². The summed E-state index contributed by atoms with van der Waals surface area (Å²) in [6.07, 6.45) is 3.29. The largest absolute Gasteiger partial charge is 0.403 e. The molecule has 15 heavy (non-hydrogen) atoms. The third-order valence-electron chi connectivity index (χ3n) is 2.11. The predicted octanol–water partition coefficient (Wildman–Crippen LogP) is 3.06. The van der Waals surface area contributed by atoms with Gasteiger partial charge in [0.25, 0.3) is 0 Å². The van der Waals surface area contributed by atoms with E-state index in [0.717, 1.165) is 17.8 Å². The van der Waals surface area contributed by atoms with Crippen LogP contribution >= 0.6 is 11.6 Å². The van der Waals surface area contributed by atoms with Crippen LogP contribution in [-0.4, -0.2) is 11.4 Å². The van der Waals surface area contributed by atoms with E-state index >= 15 is 0 Å². The van der Waals surface area contributed by atoms with Crippen LogP contribution in [-0.2, 0) is 0 Å². The lowest BCUT2D eigenvalue weighted by atomic mass is 10.1. The lowest BCUT2D eigenvalue weighted by Crippen LogP contribution is -2.14. The van der Waals surface area contributed by atoms with Gasteiger partial charge in [0.2, 0.25) is 0 Å². The summed E-state index contributed by atoms with van der Waals surface area (Å²) in [6.45, 7) is 6.87. The van der Waals surface area contributed by atoms with Gasteiger partial charge in [0.15, 0.2) is 0 Å². The molecule has 0 saturated carbocycles. The number of nitrogens with zero attached hydrogens (tertiary/aromatic N) is 1. The van der Waals surface area contributed by atoms with Gasteiger partial charge in [-0.25, -0.2) is 0 Å². The van der Waals surface area contributed by atoms with Crippen molar-refractivity contribution in [3.63, 3.8) is 0 Å². The quantitative estimate of drug-likeness (QED) is 0.849. The van der Waals surface area contributed by atoms with Gasteiger partial charge in [-0.1, -0.05) is 30.3 Å². The number of hydrogen-bond acceptors (Lipinski definition) is 2. The molecule has 0 heterocycles. The van der Waals surface area contributed by atoms with Gasteiger partial charge in [-0.05, 0) is 24.6 Å². The second-order valence-corrected chi connectivity index (χ2v) is 3.52. The molecule has 0 aliphatic heterocycles. The topological polar surface area (TPSA) is 29.3 Å². The summed E-state index contributed by atoms with van der Waals surface area (Å²) in [4.78, 5) is 1.96. The van der Waals surface area contributed by atoms with E-state index < -0.39 is 0 Å². The molecule has 0 saturated heterocycles. The molecule has 0 unspecified atom stereocenters. The molecule has 1 aromatic carbocycles. The van der Waals surface area contributed by atoms with Crippen molar-refractivity contribution in [1.29, 1.82) is 0 Å². The van der Waals surface area contributed by atoms with Crippen LogP contribution in [0.25, 0.3) is 5.70 Å². The van der Waals surface area contributed by atoms with Crippen molar-refractivity contribution >= 4 is 17.3 Å². The highest BCUT2D eigenvalue weighted by atomic mass is 35.5. The van der Waals surface area contributed by atoms with Gasteiger partial charge >= 0.3 is 0 Å². The first-order valence-electron chi connectivity index (χ1n) is 4.79. The Kier molecular flexibility index (Phi) is 4.25. The Bertz CT molecular complexity index is 372. The van der Waals surface area contributed by atoms with Gasteiger partial charge < -0.3 is 10.6 Å². The fourth-order valence-corrected chi connectivity index (χ4v) is 1.51. The van der Waals surface area contributed by atoms with Crippen LogP contribution in [0.3, 0.4) is 0 Å². The Labute approximate surface area is 95.6 Å². The number of benzene rings is 1. The summed E-state index contributed by atoms with van der Waals surface area (Å²) < 4.78 is 0.